The topological polar surface area (TPSA) is 91.4 Å². The maximum absolute atomic E-state index is 14.8. The fraction of sp³-hybridized carbons (Fsp3) is 0.500. The third-order valence-electron chi connectivity index (χ3n) is 6.87. The van der Waals surface area contributed by atoms with Crippen LogP contribution in [0.25, 0.3) is 11.2 Å². The third-order valence-corrected chi connectivity index (χ3v) is 6.87. The quantitative estimate of drug-likeness (QED) is 0.567. The van der Waals surface area contributed by atoms with E-state index in [-0.39, 0.29) is 47.5 Å². The molecule has 9 nitrogen and oxygen atoms in total. The molecule has 1 aliphatic heterocycles. The van der Waals surface area contributed by atoms with Crippen molar-refractivity contribution in [3.8, 4) is 6.01 Å². The van der Waals surface area contributed by atoms with Crippen molar-refractivity contribution in [2.24, 2.45) is 20.0 Å². The van der Waals surface area contributed by atoms with Crippen LogP contribution in [0.2, 0.25) is 0 Å². The number of aromatic nitrogens is 4. The van der Waals surface area contributed by atoms with Crippen molar-refractivity contribution < 1.29 is 13.9 Å². The van der Waals surface area contributed by atoms with Crippen LogP contribution < -0.4 is 16.0 Å². The molecule has 1 amide bonds. The molecule has 0 radical (unpaired) electrons. The van der Waals surface area contributed by atoms with Gasteiger partial charge in [-0.3, -0.25) is 23.3 Å². The summed E-state index contributed by atoms with van der Waals surface area (Å²) in [5.41, 5.74) is 0.252. The number of ether oxygens (including phenoxy) is 1. The predicted molar refractivity (Wildman–Crippen MR) is 123 cm³/mol. The number of hydrogen-bond donors (Lipinski definition) is 0. The van der Waals surface area contributed by atoms with Gasteiger partial charge in [0.05, 0.1) is 6.54 Å². The molecule has 180 valence electrons. The first kappa shape index (κ1) is 22.4. The van der Waals surface area contributed by atoms with Gasteiger partial charge >= 0.3 is 5.69 Å². The largest absolute Gasteiger partial charge is 0.461 e. The smallest absolute Gasteiger partial charge is 0.332 e. The van der Waals surface area contributed by atoms with Crippen LogP contribution in [0.3, 0.4) is 0 Å². The summed E-state index contributed by atoms with van der Waals surface area (Å²) in [7, 11) is 2.95. The van der Waals surface area contributed by atoms with E-state index in [9.17, 15) is 18.8 Å². The van der Waals surface area contributed by atoms with E-state index < -0.39 is 11.2 Å². The van der Waals surface area contributed by atoms with Crippen molar-refractivity contribution >= 4 is 17.1 Å². The highest BCUT2D eigenvalue weighted by atomic mass is 19.1. The Kier molecular flexibility index (Phi) is 5.53. The minimum absolute atomic E-state index is 0.0335. The lowest BCUT2D eigenvalue weighted by Crippen LogP contribution is -2.42. The second-order valence-electron chi connectivity index (χ2n) is 9.32. The first-order valence-corrected chi connectivity index (χ1v) is 11.6. The Morgan fingerprint density at radius 3 is 2.50 bits per heavy atom. The highest BCUT2D eigenvalue weighted by molar-refractivity contribution is 5.81. The van der Waals surface area contributed by atoms with Gasteiger partial charge in [-0.15, -0.1) is 0 Å². The maximum Gasteiger partial charge on any atom is 0.332 e. The summed E-state index contributed by atoms with van der Waals surface area (Å²) in [6.45, 7) is 2.92. The Labute approximate surface area is 195 Å². The Bertz CT molecular complexity index is 1390. The van der Waals surface area contributed by atoms with E-state index in [4.69, 9.17) is 4.74 Å². The van der Waals surface area contributed by atoms with Gasteiger partial charge in [-0.25, -0.2) is 9.18 Å². The predicted octanol–water partition coefficient (Wildman–Crippen LogP) is 1.71. The number of fused-ring (bicyclic) bond motifs is 1. The fourth-order valence-electron chi connectivity index (χ4n) is 4.60. The van der Waals surface area contributed by atoms with Gasteiger partial charge in [0, 0.05) is 51.5 Å². The zero-order valence-electron chi connectivity index (χ0n) is 19.6. The standard InChI is InChI=1S/C24H28FN5O4/c1-14-5-4-6-16(18(14)25)13-30-19-20(27(2)24(33)28(3)22(19)32)26-23(30)34-17-9-11-29(12-10-17)21(31)15-7-8-15/h4-6,15,17H,7-13H2,1-3H3. The Morgan fingerprint density at radius 1 is 1.12 bits per heavy atom. The number of nitrogens with zero attached hydrogens (tertiary/aromatic N) is 5. The number of carbonyl (C=O) groups excluding carboxylic acids is 1. The van der Waals surface area contributed by atoms with Gasteiger partial charge in [0.2, 0.25) is 5.91 Å². The van der Waals surface area contributed by atoms with Gasteiger partial charge < -0.3 is 9.64 Å². The van der Waals surface area contributed by atoms with Gasteiger partial charge in [-0.2, -0.15) is 4.98 Å². The summed E-state index contributed by atoms with van der Waals surface area (Å²) in [5.74, 6) is 0.0475. The zero-order valence-corrected chi connectivity index (χ0v) is 19.6. The molecule has 3 heterocycles. The third kappa shape index (κ3) is 3.80. The highest BCUT2D eigenvalue weighted by Gasteiger charge is 2.35. The average molecular weight is 470 g/mol. The lowest BCUT2D eigenvalue weighted by atomic mass is 10.1. The highest BCUT2D eigenvalue weighted by Crippen LogP contribution is 2.32. The van der Waals surface area contributed by atoms with Crippen molar-refractivity contribution in [2.75, 3.05) is 13.1 Å². The van der Waals surface area contributed by atoms with E-state index in [1.165, 1.54) is 11.6 Å². The summed E-state index contributed by atoms with van der Waals surface area (Å²) in [6, 6.07) is 5.27. The van der Waals surface area contributed by atoms with Crippen molar-refractivity contribution in [2.45, 2.75) is 45.3 Å². The number of halogens is 1. The second kappa shape index (κ2) is 8.41. The first-order chi connectivity index (χ1) is 16.3. The van der Waals surface area contributed by atoms with E-state index in [0.717, 1.165) is 17.4 Å². The molecule has 2 aliphatic rings. The molecule has 1 saturated heterocycles. The molecule has 10 heteroatoms. The Hall–Kier alpha value is -3.43. The summed E-state index contributed by atoms with van der Waals surface area (Å²) in [6.07, 6.45) is 3.02. The molecular formula is C24H28FN5O4. The summed E-state index contributed by atoms with van der Waals surface area (Å²) >= 11 is 0. The van der Waals surface area contributed by atoms with Gasteiger partial charge in [-0.05, 0) is 25.3 Å². The molecule has 2 fully saturated rings. The number of likely N-dealkylation sites (tertiary alicyclic amines) is 1. The number of hydrogen-bond acceptors (Lipinski definition) is 5. The van der Waals surface area contributed by atoms with E-state index in [2.05, 4.69) is 4.98 Å². The van der Waals surface area contributed by atoms with E-state index in [0.29, 0.717) is 37.1 Å². The zero-order chi connectivity index (χ0) is 24.1. The van der Waals surface area contributed by atoms with E-state index in [1.807, 2.05) is 4.90 Å². The minimum atomic E-state index is -0.515. The summed E-state index contributed by atoms with van der Waals surface area (Å²) in [4.78, 5) is 44.3. The summed E-state index contributed by atoms with van der Waals surface area (Å²) in [5, 5.41) is 0. The number of aryl methyl sites for hydroxylation is 2. The molecule has 5 rings (SSSR count). The van der Waals surface area contributed by atoms with Crippen LogP contribution in [-0.2, 0) is 25.4 Å². The number of imidazole rings is 1. The molecule has 1 aliphatic carbocycles. The molecule has 0 atom stereocenters. The summed E-state index contributed by atoms with van der Waals surface area (Å²) < 4.78 is 24.9. The Balaban J connectivity index is 1.51. The van der Waals surface area contributed by atoms with E-state index in [1.54, 1.807) is 36.7 Å². The van der Waals surface area contributed by atoms with Crippen LogP contribution in [0, 0.1) is 18.7 Å². The van der Waals surface area contributed by atoms with Gasteiger partial charge in [0.1, 0.15) is 11.9 Å². The van der Waals surface area contributed by atoms with Crippen LogP contribution in [0.15, 0.2) is 27.8 Å². The van der Waals surface area contributed by atoms with Crippen molar-refractivity contribution in [1.82, 2.24) is 23.6 Å². The first-order valence-electron chi connectivity index (χ1n) is 11.6. The number of piperidine rings is 1. The average Bonchev–Trinajstić information content (AvgIpc) is 3.62. The monoisotopic (exact) mass is 469 g/mol. The molecule has 2 aromatic heterocycles. The normalized spacial score (nSPS) is 16.9. The molecular weight excluding hydrogens is 441 g/mol. The molecule has 1 aromatic carbocycles. The van der Waals surface area contributed by atoms with Crippen molar-refractivity contribution in [3.05, 3.63) is 56.0 Å². The lowest BCUT2D eigenvalue weighted by molar-refractivity contribution is -0.134. The van der Waals surface area contributed by atoms with Crippen LogP contribution in [0.4, 0.5) is 4.39 Å². The van der Waals surface area contributed by atoms with E-state index >= 15 is 0 Å². The van der Waals surface area contributed by atoms with Crippen LogP contribution >= 0.6 is 0 Å². The molecule has 34 heavy (non-hydrogen) atoms. The van der Waals surface area contributed by atoms with Crippen LogP contribution in [0.5, 0.6) is 6.01 Å². The minimum Gasteiger partial charge on any atom is -0.461 e. The lowest BCUT2D eigenvalue weighted by Gasteiger charge is -2.32. The molecule has 0 unspecified atom stereocenters. The van der Waals surface area contributed by atoms with Crippen molar-refractivity contribution in [1.29, 1.82) is 0 Å². The van der Waals surface area contributed by atoms with Crippen LogP contribution in [-0.4, -0.2) is 48.7 Å². The van der Waals surface area contributed by atoms with Crippen LogP contribution in [0.1, 0.15) is 36.8 Å². The van der Waals surface area contributed by atoms with Gasteiger partial charge in [0.25, 0.3) is 11.6 Å². The van der Waals surface area contributed by atoms with Crippen molar-refractivity contribution in [3.63, 3.8) is 0 Å². The second-order valence-corrected chi connectivity index (χ2v) is 9.32. The fourth-order valence-corrected chi connectivity index (χ4v) is 4.60. The SMILES string of the molecule is Cc1cccc(Cn2c(OC3CCN(C(=O)C4CC4)CC3)nc3c2c(=O)n(C)c(=O)n3C)c1F. The molecule has 1 saturated carbocycles. The number of carbonyl (C=O) groups is 1. The maximum atomic E-state index is 14.8. The molecule has 0 bridgehead atoms. The number of benzene rings is 1. The number of rotatable bonds is 5. The number of amides is 1. The molecule has 0 N–H and O–H groups in total. The van der Waals surface area contributed by atoms with Gasteiger partial charge in [0.15, 0.2) is 11.2 Å². The Morgan fingerprint density at radius 2 is 1.82 bits per heavy atom. The molecule has 3 aromatic rings. The molecule has 0 spiro atoms. The van der Waals surface area contributed by atoms with Gasteiger partial charge in [-0.1, -0.05) is 18.2 Å².